The molecule has 0 radical (unpaired) electrons. The third-order valence-corrected chi connectivity index (χ3v) is 3.51. The van der Waals surface area contributed by atoms with Crippen LogP contribution in [0.15, 0.2) is 24.4 Å². The number of para-hydroxylation sites is 1. The Hall–Kier alpha value is -1.09. The van der Waals surface area contributed by atoms with E-state index in [9.17, 15) is 0 Å². The SMILES string of the molecule is Cc1cccc(C)c1-n1ncc(CBr)c1C. The Kier molecular flexibility index (Phi) is 3.15. The van der Waals surface area contributed by atoms with Crippen LogP contribution in [0.25, 0.3) is 5.69 Å². The average Bonchev–Trinajstić information content (AvgIpc) is 2.60. The van der Waals surface area contributed by atoms with Gasteiger partial charge in [0.25, 0.3) is 0 Å². The summed E-state index contributed by atoms with van der Waals surface area (Å²) in [6, 6.07) is 6.33. The van der Waals surface area contributed by atoms with Crippen LogP contribution in [0.1, 0.15) is 22.4 Å². The quantitative estimate of drug-likeness (QED) is 0.766. The number of hydrogen-bond acceptors (Lipinski definition) is 1. The van der Waals surface area contributed by atoms with Crippen LogP contribution >= 0.6 is 15.9 Å². The maximum Gasteiger partial charge on any atom is 0.0707 e. The minimum absolute atomic E-state index is 0.851. The molecule has 0 aliphatic rings. The third-order valence-electron chi connectivity index (χ3n) is 2.91. The van der Waals surface area contributed by atoms with Gasteiger partial charge in [0.1, 0.15) is 0 Å². The third kappa shape index (κ3) is 1.80. The zero-order chi connectivity index (χ0) is 11.7. The lowest BCUT2D eigenvalue weighted by Crippen LogP contribution is -2.04. The molecule has 1 heterocycles. The molecule has 3 heteroatoms. The van der Waals surface area contributed by atoms with Crippen molar-refractivity contribution in [2.45, 2.75) is 26.1 Å². The molecule has 84 valence electrons. The molecule has 0 spiro atoms. The van der Waals surface area contributed by atoms with E-state index in [-0.39, 0.29) is 0 Å². The Morgan fingerprint density at radius 1 is 1.19 bits per heavy atom. The number of benzene rings is 1. The van der Waals surface area contributed by atoms with Crippen LogP contribution in [0.3, 0.4) is 0 Å². The second kappa shape index (κ2) is 4.42. The van der Waals surface area contributed by atoms with E-state index in [1.54, 1.807) is 0 Å². The van der Waals surface area contributed by atoms with Crippen molar-refractivity contribution in [1.82, 2.24) is 9.78 Å². The molecule has 0 bridgehead atoms. The van der Waals surface area contributed by atoms with Gasteiger partial charge in [0.2, 0.25) is 0 Å². The van der Waals surface area contributed by atoms with Gasteiger partial charge < -0.3 is 0 Å². The van der Waals surface area contributed by atoms with E-state index < -0.39 is 0 Å². The van der Waals surface area contributed by atoms with Crippen LogP contribution in [0.4, 0.5) is 0 Å². The van der Waals surface area contributed by atoms with E-state index in [1.165, 1.54) is 28.1 Å². The second-order valence-electron chi connectivity index (χ2n) is 4.04. The van der Waals surface area contributed by atoms with Gasteiger partial charge >= 0.3 is 0 Å². The first kappa shape index (κ1) is 11.4. The van der Waals surface area contributed by atoms with Gasteiger partial charge in [0.05, 0.1) is 11.9 Å². The highest BCUT2D eigenvalue weighted by Crippen LogP contribution is 2.22. The normalized spacial score (nSPS) is 10.8. The van der Waals surface area contributed by atoms with Gasteiger partial charge in [-0.3, -0.25) is 0 Å². The molecule has 0 saturated carbocycles. The maximum absolute atomic E-state index is 4.47. The molecule has 0 aliphatic carbocycles. The summed E-state index contributed by atoms with van der Waals surface area (Å²) in [5.41, 5.74) is 6.16. The highest BCUT2D eigenvalue weighted by Gasteiger charge is 2.10. The van der Waals surface area contributed by atoms with Crippen LogP contribution in [0.2, 0.25) is 0 Å². The number of nitrogens with zero attached hydrogens (tertiary/aromatic N) is 2. The number of aryl methyl sites for hydroxylation is 2. The fraction of sp³-hybridized carbons (Fsp3) is 0.308. The number of rotatable bonds is 2. The van der Waals surface area contributed by atoms with Crippen molar-refractivity contribution in [3.05, 3.63) is 46.8 Å². The minimum atomic E-state index is 0.851. The molecular weight excluding hydrogens is 264 g/mol. The summed E-state index contributed by atoms with van der Waals surface area (Å²) in [4.78, 5) is 0. The average molecular weight is 279 g/mol. The Morgan fingerprint density at radius 3 is 2.31 bits per heavy atom. The second-order valence-corrected chi connectivity index (χ2v) is 4.60. The molecule has 1 aromatic heterocycles. The van der Waals surface area contributed by atoms with Crippen LogP contribution in [-0.4, -0.2) is 9.78 Å². The van der Waals surface area contributed by atoms with E-state index >= 15 is 0 Å². The molecular formula is C13H15BrN2. The van der Waals surface area contributed by atoms with Crippen LogP contribution < -0.4 is 0 Å². The standard InChI is InChI=1S/C13H15BrN2/c1-9-5-4-6-10(2)13(9)16-11(3)12(7-14)8-15-16/h4-6,8H,7H2,1-3H3. The zero-order valence-electron chi connectivity index (χ0n) is 9.79. The summed E-state index contributed by atoms with van der Waals surface area (Å²) >= 11 is 3.48. The van der Waals surface area contributed by atoms with Crippen LogP contribution in [0.5, 0.6) is 0 Å². The number of aromatic nitrogens is 2. The van der Waals surface area contributed by atoms with Gasteiger partial charge in [0.15, 0.2) is 0 Å². The van der Waals surface area contributed by atoms with E-state index in [1.807, 2.05) is 10.9 Å². The molecule has 0 N–H and O–H groups in total. The van der Waals surface area contributed by atoms with E-state index in [2.05, 4.69) is 60.0 Å². The van der Waals surface area contributed by atoms with Gasteiger partial charge in [-0.1, -0.05) is 34.1 Å². The lowest BCUT2D eigenvalue weighted by atomic mass is 10.1. The largest absolute Gasteiger partial charge is 0.237 e. The minimum Gasteiger partial charge on any atom is -0.237 e. The summed E-state index contributed by atoms with van der Waals surface area (Å²) < 4.78 is 2.03. The van der Waals surface area contributed by atoms with Crippen molar-refractivity contribution in [3.8, 4) is 5.69 Å². The van der Waals surface area contributed by atoms with Gasteiger partial charge in [-0.25, -0.2) is 4.68 Å². The Balaban J connectivity index is 2.63. The van der Waals surface area contributed by atoms with E-state index in [0.717, 1.165) is 5.33 Å². The molecule has 1 aromatic carbocycles. The molecule has 0 saturated heterocycles. The van der Waals surface area contributed by atoms with Gasteiger partial charge in [-0.15, -0.1) is 0 Å². The highest BCUT2D eigenvalue weighted by atomic mass is 79.9. The lowest BCUT2D eigenvalue weighted by molar-refractivity contribution is 0.832. The predicted octanol–water partition coefficient (Wildman–Crippen LogP) is 3.69. The smallest absolute Gasteiger partial charge is 0.0707 e. The fourth-order valence-corrected chi connectivity index (χ4v) is 2.49. The van der Waals surface area contributed by atoms with Crippen molar-refractivity contribution >= 4 is 15.9 Å². The molecule has 0 atom stereocenters. The number of hydrogen-bond donors (Lipinski definition) is 0. The van der Waals surface area contributed by atoms with Crippen molar-refractivity contribution in [1.29, 1.82) is 0 Å². The van der Waals surface area contributed by atoms with Crippen molar-refractivity contribution in [3.63, 3.8) is 0 Å². The van der Waals surface area contributed by atoms with Gasteiger partial charge in [-0.2, -0.15) is 5.10 Å². The number of alkyl halides is 1. The molecule has 2 rings (SSSR count). The Morgan fingerprint density at radius 2 is 1.81 bits per heavy atom. The summed E-state index contributed by atoms with van der Waals surface area (Å²) in [7, 11) is 0. The first-order valence-corrected chi connectivity index (χ1v) is 6.43. The van der Waals surface area contributed by atoms with Crippen molar-refractivity contribution in [2.24, 2.45) is 0 Å². The molecule has 16 heavy (non-hydrogen) atoms. The topological polar surface area (TPSA) is 17.8 Å². The first-order valence-electron chi connectivity index (χ1n) is 5.31. The van der Waals surface area contributed by atoms with E-state index in [4.69, 9.17) is 0 Å². The molecule has 0 aliphatic heterocycles. The predicted molar refractivity (Wildman–Crippen MR) is 70.4 cm³/mol. The monoisotopic (exact) mass is 278 g/mol. The summed E-state index contributed by atoms with van der Waals surface area (Å²) in [5, 5.41) is 5.32. The molecule has 0 fully saturated rings. The Bertz CT molecular complexity index is 494. The van der Waals surface area contributed by atoms with Crippen molar-refractivity contribution < 1.29 is 0 Å². The van der Waals surface area contributed by atoms with Crippen LogP contribution in [-0.2, 0) is 5.33 Å². The number of halogens is 1. The highest BCUT2D eigenvalue weighted by molar-refractivity contribution is 9.08. The summed E-state index contributed by atoms with van der Waals surface area (Å²) in [6.07, 6.45) is 1.93. The summed E-state index contributed by atoms with van der Waals surface area (Å²) in [6.45, 7) is 6.35. The van der Waals surface area contributed by atoms with Crippen LogP contribution in [0, 0.1) is 20.8 Å². The maximum atomic E-state index is 4.47. The summed E-state index contributed by atoms with van der Waals surface area (Å²) in [5.74, 6) is 0. The molecule has 2 aromatic rings. The Labute approximate surface area is 104 Å². The lowest BCUT2D eigenvalue weighted by Gasteiger charge is -2.11. The van der Waals surface area contributed by atoms with Crippen molar-refractivity contribution in [2.75, 3.05) is 0 Å². The molecule has 2 nitrogen and oxygen atoms in total. The first-order chi connectivity index (χ1) is 7.65. The molecule has 0 amide bonds. The molecule has 0 unspecified atom stereocenters. The fourth-order valence-electron chi connectivity index (χ4n) is 1.94. The zero-order valence-corrected chi connectivity index (χ0v) is 11.4. The van der Waals surface area contributed by atoms with E-state index in [0.29, 0.717) is 0 Å². The van der Waals surface area contributed by atoms with Gasteiger partial charge in [0, 0.05) is 16.6 Å². The van der Waals surface area contributed by atoms with Gasteiger partial charge in [-0.05, 0) is 31.9 Å².